The van der Waals surface area contributed by atoms with Gasteiger partial charge in [-0.25, -0.2) is 18.4 Å². The first-order valence-corrected chi connectivity index (χ1v) is 5.30. The topological polar surface area (TPSA) is 97.5 Å². The zero-order chi connectivity index (χ0) is 10.9. The molecule has 8 heteroatoms. The van der Waals surface area contributed by atoms with Gasteiger partial charge in [-0.15, -0.1) is 0 Å². The van der Waals surface area contributed by atoms with Gasteiger partial charge < -0.3 is 6.53 Å². The minimum atomic E-state index is -3.98. The molecule has 0 aliphatic rings. The summed E-state index contributed by atoms with van der Waals surface area (Å²) in [7, 11) is -3.98. The SMILES string of the molecule is NS(=O)(=O)c1cc(C(=O)O)ccc1Cl.[H-].[Na+]. The van der Waals surface area contributed by atoms with Gasteiger partial charge in [0.25, 0.3) is 0 Å². The van der Waals surface area contributed by atoms with E-state index in [4.69, 9.17) is 21.8 Å². The third kappa shape index (κ3) is 3.75. The Morgan fingerprint density at radius 1 is 1.47 bits per heavy atom. The van der Waals surface area contributed by atoms with E-state index >= 15 is 0 Å². The Hall–Kier alpha value is -0.110. The number of carboxylic acids is 1. The number of nitrogens with two attached hydrogens (primary N) is 1. The van der Waals surface area contributed by atoms with Gasteiger partial charge in [-0.05, 0) is 18.2 Å². The molecule has 0 saturated carbocycles. The Labute approximate surface area is 115 Å². The molecule has 78 valence electrons. The molecular formula is C7H7ClNNaO4S. The number of primary sulfonamides is 1. The number of benzene rings is 1. The van der Waals surface area contributed by atoms with Crippen molar-refractivity contribution in [1.29, 1.82) is 0 Å². The minimum absolute atomic E-state index is 0. The van der Waals surface area contributed by atoms with E-state index in [1.54, 1.807) is 0 Å². The fraction of sp³-hybridized carbons (Fsp3) is 0. The van der Waals surface area contributed by atoms with Crippen LogP contribution in [0.2, 0.25) is 5.02 Å². The largest absolute Gasteiger partial charge is 1.00 e. The third-order valence-corrected chi connectivity index (χ3v) is 2.88. The summed E-state index contributed by atoms with van der Waals surface area (Å²) in [5.41, 5.74) is -0.182. The maximum absolute atomic E-state index is 10.9. The number of rotatable bonds is 2. The number of hydrogen-bond acceptors (Lipinski definition) is 3. The molecule has 0 spiro atoms. The molecule has 3 N–H and O–H groups in total. The molecule has 0 heterocycles. The van der Waals surface area contributed by atoms with E-state index in [-0.39, 0.29) is 46.5 Å². The van der Waals surface area contributed by atoms with Crippen molar-refractivity contribution >= 4 is 27.6 Å². The van der Waals surface area contributed by atoms with Crippen LogP contribution in [0.15, 0.2) is 23.1 Å². The monoisotopic (exact) mass is 259 g/mol. The Bertz CT molecular complexity index is 493. The molecule has 1 aromatic carbocycles. The van der Waals surface area contributed by atoms with Crippen LogP contribution in [0.1, 0.15) is 11.8 Å². The number of halogens is 1. The van der Waals surface area contributed by atoms with Gasteiger partial charge in [0.1, 0.15) is 4.90 Å². The zero-order valence-corrected chi connectivity index (χ0v) is 11.3. The first-order chi connectivity index (χ1) is 6.32. The quantitative estimate of drug-likeness (QED) is 0.589. The van der Waals surface area contributed by atoms with Crippen LogP contribution in [-0.2, 0) is 10.0 Å². The van der Waals surface area contributed by atoms with Crippen LogP contribution in [0.3, 0.4) is 0 Å². The van der Waals surface area contributed by atoms with Gasteiger partial charge in [0.05, 0.1) is 10.6 Å². The fourth-order valence-corrected chi connectivity index (χ4v) is 1.93. The molecule has 0 unspecified atom stereocenters. The van der Waals surface area contributed by atoms with Gasteiger partial charge in [0.2, 0.25) is 10.0 Å². The summed E-state index contributed by atoms with van der Waals surface area (Å²) in [5, 5.41) is 13.3. The van der Waals surface area contributed by atoms with E-state index in [1.807, 2.05) is 0 Å². The molecule has 0 bridgehead atoms. The van der Waals surface area contributed by atoms with Crippen LogP contribution in [0.4, 0.5) is 0 Å². The smallest absolute Gasteiger partial charge is 1.00 e. The summed E-state index contributed by atoms with van der Waals surface area (Å²) < 4.78 is 21.9. The summed E-state index contributed by atoms with van der Waals surface area (Å²) in [6.45, 7) is 0. The second-order valence-electron chi connectivity index (χ2n) is 2.50. The van der Waals surface area contributed by atoms with Crippen molar-refractivity contribution in [3.05, 3.63) is 28.8 Å². The van der Waals surface area contributed by atoms with E-state index < -0.39 is 16.0 Å². The van der Waals surface area contributed by atoms with Crippen LogP contribution in [0.5, 0.6) is 0 Å². The summed E-state index contributed by atoms with van der Waals surface area (Å²) in [6, 6.07) is 3.28. The van der Waals surface area contributed by atoms with Gasteiger partial charge >= 0.3 is 35.5 Å². The van der Waals surface area contributed by atoms with Gasteiger partial charge in [-0.1, -0.05) is 11.6 Å². The van der Waals surface area contributed by atoms with Crippen molar-refractivity contribution in [2.24, 2.45) is 5.14 Å². The van der Waals surface area contributed by atoms with Crippen molar-refractivity contribution < 1.29 is 49.3 Å². The molecule has 1 rings (SSSR count). The molecule has 15 heavy (non-hydrogen) atoms. The summed E-state index contributed by atoms with van der Waals surface area (Å²) in [4.78, 5) is 10.1. The van der Waals surface area contributed by atoms with Gasteiger partial charge in [0.15, 0.2) is 0 Å². The van der Waals surface area contributed by atoms with Gasteiger partial charge in [-0.2, -0.15) is 0 Å². The standard InChI is InChI=1S/C7H6ClNO4S.Na.H/c8-5-2-1-4(7(10)11)3-6(5)14(9,12)13;;/h1-3H,(H,10,11)(H2,9,12,13);;/q;+1;-1. The summed E-state index contributed by atoms with van der Waals surface area (Å²) in [6.07, 6.45) is 0. The van der Waals surface area contributed by atoms with Crippen LogP contribution in [0.25, 0.3) is 0 Å². The third-order valence-electron chi connectivity index (χ3n) is 1.48. The Kier molecular flexibility index (Phi) is 5.25. The number of carbonyl (C=O) groups is 1. The first-order valence-electron chi connectivity index (χ1n) is 3.38. The Morgan fingerprint density at radius 2 is 2.00 bits per heavy atom. The van der Waals surface area contributed by atoms with E-state index in [0.717, 1.165) is 6.07 Å². The van der Waals surface area contributed by atoms with Gasteiger partial charge in [-0.3, -0.25) is 0 Å². The molecular weight excluding hydrogens is 253 g/mol. The van der Waals surface area contributed by atoms with E-state index in [1.165, 1.54) is 12.1 Å². The Morgan fingerprint density at radius 3 is 2.40 bits per heavy atom. The number of hydrogen-bond donors (Lipinski definition) is 2. The summed E-state index contributed by atoms with van der Waals surface area (Å²) in [5.74, 6) is -1.24. The first kappa shape index (κ1) is 14.9. The van der Waals surface area contributed by atoms with E-state index in [0.29, 0.717) is 0 Å². The molecule has 0 saturated heterocycles. The predicted molar refractivity (Wildman–Crippen MR) is 50.9 cm³/mol. The molecule has 0 fully saturated rings. The predicted octanol–water partition coefficient (Wildman–Crippen LogP) is -2.20. The Balaban J connectivity index is 0. The second-order valence-corrected chi connectivity index (χ2v) is 4.43. The number of sulfonamides is 1. The minimum Gasteiger partial charge on any atom is -1.00 e. The van der Waals surface area contributed by atoms with Crippen molar-refractivity contribution in [2.45, 2.75) is 4.90 Å². The molecule has 0 atom stereocenters. The zero-order valence-electron chi connectivity index (χ0n) is 8.77. The van der Waals surface area contributed by atoms with Gasteiger partial charge in [0, 0.05) is 0 Å². The maximum atomic E-state index is 10.9. The molecule has 0 aliphatic carbocycles. The fourth-order valence-electron chi connectivity index (χ4n) is 0.854. The molecule has 0 aliphatic heterocycles. The number of aromatic carboxylic acids is 1. The van der Waals surface area contributed by atoms with Crippen molar-refractivity contribution in [3.63, 3.8) is 0 Å². The van der Waals surface area contributed by atoms with E-state index in [9.17, 15) is 13.2 Å². The normalized spacial score (nSPS) is 10.5. The molecule has 0 radical (unpaired) electrons. The maximum Gasteiger partial charge on any atom is 1.00 e. The van der Waals surface area contributed by atoms with E-state index in [2.05, 4.69) is 0 Å². The van der Waals surface area contributed by atoms with Crippen molar-refractivity contribution in [1.82, 2.24) is 0 Å². The van der Waals surface area contributed by atoms with Crippen LogP contribution < -0.4 is 34.7 Å². The van der Waals surface area contributed by atoms with Crippen LogP contribution in [-0.4, -0.2) is 19.5 Å². The number of carboxylic acid groups (broad SMARTS) is 1. The molecule has 5 nitrogen and oxygen atoms in total. The molecule has 1 aromatic rings. The molecule has 0 aromatic heterocycles. The average molecular weight is 260 g/mol. The van der Waals surface area contributed by atoms with Crippen LogP contribution in [0, 0.1) is 0 Å². The van der Waals surface area contributed by atoms with Crippen molar-refractivity contribution in [3.8, 4) is 0 Å². The van der Waals surface area contributed by atoms with Crippen molar-refractivity contribution in [2.75, 3.05) is 0 Å². The second kappa shape index (κ2) is 5.29. The molecule has 0 amide bonds. The summed E-state index contributed by atoms with van der Waals surface area (Å²) >= 11 is 5.53. The van der Waals surface area contributed by atoms with Crippen LogP contribution >= 0.6 is 11.6 Å². The average Bonchev–Trinajstić information content (AvgIpc) is 2.02.